The Bertz CT molecular complexity index is 451. The number of hydrogen-bond donors (Lipinski definition) is 1. The van der Waals surface area contributed by atoms with E-state index >= 15 is 0 Å². The summed E-state index contributed by atoms with van der Waals surface area (Å²) in [6.45, 7) is 5.67. The largest absolute Gasteiger partial charge is 0.353 e. The van der Waals surface area contributed by atoms with Crippen LogP contribution in [-0.2, 0) is 0 Å². The van der Waals surface area contributed by atoms with Gasteiger partial charge in [0.25, 0.3) is 0 Å². The topological polar surface area (TPSA) is 41.1 Å². The average Bonchev–Trinajstić information content (AvgIpc) is 2.43. The number of rotatable bonds is 1. The number of halogens is 1. The molecule has 3 heterocycles. The molecule has 104 valence electrons. The third-order valence-electron chi connectivity index (χ3n) is 4.47. The minimum absolute atomic E-state index is 0.261. The molecule has 2 fully saturated rings. The number of hydrogen-bond acceptors (Lipinski definition) is 4. The molecule has 0 radical (unpaired) electrons. The van der Waals surface area contributed by atoms with Crippen molar-refractivity contribution < 1.29 is 4.39 Å². The summed E-state index contributed by atoms with van der Waals surface area (Å²) in [7, 11) is 0. The predicted octanol–water partition coefficient (Wildman–Crippen LogP) is 1.89. The van der Waals surface area contributed by atoms with E-state index in [1.807, 2.05) is 0 Å². The highest BCUT2D eigenvalue weighted by Gasteiger charge is 2.37. The van der Waals surface area contributed by atoms with Gasteiger partial charge >= 0.3 is 0 Å². The molecule has 0 aliphatic carbocycles. The fraction of sp³-hybridized carbons (Fsp3) is 0.714. The van der Waals surface area contributed by atoms with E-state index in [2.05, 4.69) is 20.2 Å². The van der Waals surface area contributed by atoms with E-state index in [0.29, 0.717) is 16.9 Å². The van der Waals surface area contributed by atoms with E-state index in [4.69, 9.17) is 0 Å². The molecule has 1 aromatic heterocycles. The molecule has 0 saturated carbocycles. The number of nitrogens with zero attached hydrogens (tertiary/aromatic N) is 3. The lowest BCUT2D eigenvalue weighted by Gasteiger charge is -2.45. The molecule has 0 aromatic carbocycles. The van der Waals surface area contributed by atoms with E-state index in [1.165, 1.54) is 25.6 Å². The Kier molecular flexibility index (Phi) is 3.39. The number of nitrogens with one attached hydrogen (secondary N) is 1. The number of piperidine rings is 2. The van der Waals surface area contributed by atoms with Crippen molar-refractivity contribution in [3.8, 4) is 0 Å². The Morgan fingerprint density at radius 2 is 2.16 bits per heavy atom. The summed E-state index contributed by atoms with van der Waals surface area (Å²) >= 11 is 0. The molecule has 4 nitrogen and oxygen atoms in total. The molecule has 3 rings (SSSR count). The van der Waals surface area contributed by atoms with Crippen LogP contribution < -0.4 is 10.2 Å². The first kappa shape index (κ1) is 12.8. The second-order valence-corrected chi connectivity index (χ2v) is 5.90. The number of anilines is 1. The molecular weight excluding hydrogens is 243 g/mol. The van der Waals surface area contributed by atoms with Gasteiger partial charge < -0.3 is 10.2 Å². The van der Waals surface area contributed by atoms with Crippen molar-refractivity contribution in [3.63, 3.8) is 0 Å². The fourth-order valence-electron chi connectivity index (χ4n) is 3.43. The molecular formula is C14H21FN4. The van der Waals surface area contributed by atoms with Gasteiger partial charge in [0.2, 0.25) is 0 Å². The maximum atomic E-state index is 14.2. The molecule has 1 aromatic rings. The molecule has 1 spiro atoms. The quantitative estimate of drug-likeness (QED) is 0.841. The SMILES string of the molecule is Cc1ncnc(N2CCCC3(CCCNC3)C2)c1F. The van der Waals surface area contributed by atoms with E-state index in [1.54, 1.807) is 6.92 Å². The highest BCUT2D eigenvalue weighted by atomic mass is 19.1. The number of aryl methyl sites for hydroxylation is 1. The Morgan fingerprint density at radius 3 is 2.95 bits per heavy atom. The van der Waals surface area contributed by atoms with Crippen molar-refractivity contribution in [1.82, 2.24) is 15.3 Å². The summed E-state index contributed by atoms with van der Waals surface area (Å²) in [6, 6.07) is 0. The molecule has 2 aliphatic rings. The number of aromatic nitrogens is 2. The van der Waals surface area contributed by atoms with Crippen molar-refractivity contribution in [2.24, 2.45) is 5.41 Å². The van der Waals surface area contributed by atoms with Crippen LogP contribution in [-0.4, -0.2) is 36.1 Å². The minimum atomic E-state index is -0.261. The van der Waals surface area contributed by atoms with Gasteiger partial charge in [0.05, 0.1) is 5.69 Å². The molecule has 2 saturated heterocycles. The molecule has 1 atom stereocenters. The van der Waals surface area contributed by atoms with Gasteiger partial charge in [-0.3, -0.25) is 0 Å². The van der Waals surface area contributed by atoms with Crippen LogP contribution in [0.2, 0.25) is 0 Å². The van der Waals surface area contributed by atoms with E-state index in [9.17, 15) is 4.39 Å². The first-order valence-corrected chi connectivity index (χ1v) is 7.13. The van der Waals surface area contributed by atoms with Gasteiger partial charge in [-0.1, -0.05) is 0 Å². The van der Waals surface area contributed by atoms with Crippen LogP contribution in [0.5, 0.6) is 0 Å². The maximum Gasteiger partial charge on any atom is 0.186 e. The van der Waals surface area contributed by atoms with Crippen molar-refractivity contribution >= 4 is 5.82 Å². The third-order valence-corrected chi connectivity index (χ3v) is 4.47. The lowest BCUT2D eigenvalue weighted by atomic mass is 9.74. The zero-order valence-corrected chi connectivity index (χ0v) is 11.5. The smallest absolute Gasteiger partial charge is 0.186 e. The van der Waals surface area contributed by atoms with Crippen molar-refractivity contribution in [3.05, 3.63) is 17.8 Å². The summed E-state index contributed by atoms with van der Waals surface area (Å²) < 4.78 is 14.2. The highest BCUT2D eigenvalue weighted by Crippen LogP contribution is 2.37. The van der Waals surface area contributed by atoms with Crippen LogP contribution in [0.1, 0.15) is 31.4 Å². The van der Waals surface area contributed by atoms with E-state index < -0.39 is 0 Å². The van der Waals surface area contributed by atoms with Gasteiger partial charge in [-0.05, 0) is 39.2 Å². The zero-order valence-electron chi connectivity index (χ0n) is 11.5. The molecule has 2 aliphatic heterocycles. The van der Waals surface area contributed by atoms with Gasteiger partial charge in [0.15, 0.2) is 11.6 Å². The Balaban J connectivity index is 1.83. The second kappa shape index (κ2) is 5.04. The lowest BCUT2D eigenvalue weighted by Crippen LogP contribution is -2.51. The van der Waals surface area contributed by atoms with Crippen molar-refractivity contribution in [1.29, 1.82) is 0 Å². The first-order valence-electron chi connectivity index (χ1n) is 7.13. The monoisotopic (exact) mass is 264 g/mol. The van der Waals surface area contributed by atoms with Gasteiger partial charge in [0, 0.05) is 25.0 Å². The lowest BCUT2D eigenvalue weighted by molar-refractivity contribution is 0.172. The van der Waals surface area contributed by atoms with Crippen LogP contribution in [0.15, 0.2) is 6.33 Å². The van der Waals surface area contributed by atoms with E-state index in [-0.39, 0.29) is 5.82 Å². The molecule has 0 amide bonds. The van der Waals surface area contributed by atoms with Gasteiger partial charge in [-0.15, -0.1) is 0 Å². The summed E-state index contributed by atoms with van der Waals surface area (Å²) in [5, 5.41) is 3.49. The molecule has 19 heavy (non-hydrogen) atoms. The predicted molar refractivity (Wildman–Crippen MR) is 72.7 cm³/mol. The van der Waals surface area contributed by atoms with Gasteiger partial charge in [-0.25, -0.2) is 14.4 Å². The standard InChI is InChI=1S/C14H21FN4/c1-11-12(15)13(18-10-17-11)19-7-3-5-14(9-19)4-2-6-16-8-14/h10,16H,2-9H2,1H3. The average molecular weight is 264 g/mol. The van der Waals surface area contributed by atoms with Gasteiger partial charge in [-0.2, -0.15) is 0 Å². The Morgan fingerprint density at radius 1 is 1.32 bits per heavy atom. The summed E-state index contributed by atoms with van der Waals surface area (Å²) in [6.07, 6.45) is 6.28. The third kappa shape index (κ3) is 2.43. The van der Waals surface area contributed by atoms with E-state index in [0.717, 1.165) is 32.6 Å². The Labute approximate surface area is 113 Å². The molecule has 1 N–H and O–H groups in total. The van der Waals surface area contributed by atoms with Crippen molar-refractivity contribution in [2.45, 2.75) is 32.6 Å². The highest BCUT2D eigenvalue weighted by molar-refractivity contribution is 5.41. The summed E-state index contributed by atoms with van der Waals surface area (Å²) in [4.78, 5) is 10.2. The van der Waals surface area contributed by atoms with Crippen molar-refractivity contribution in [2.75, 3.05) is 31.1 Å². The normalized spacial score (nSPS) is 27.8. The second-order valence-electron chi connectivity index (χ2n) is 5.90. The Hall–Kier alpha value is -1.23. The zero-order chi connectivity index (χ0) is 13.3. The fourth-order valence-corrected chi connectivity index (χ4v) is 3.43. The summed E-state index contributed by atoms with van der Waals surface area (Å²) in [5.41, 5.74) is 0.744. The van der Waals surface area contributed by atoms with Crippen LogP contribution in [0.4, 0.5) is 10.2 Å². The first-order chi connectivity index (χ1) is 9.20. The van der Waals surface area contributed by atoms with Crippen LogP contribution >= 0.6 is 0 Å². The van der Waals surface area contributed by atoms with Crippen LogP contribution in [0.25, 0.3) is 0 Å². The summed E-state index contributed by atoms with van der Waals surface area (Å²) in [5.74, 6) is 0.223. The maximum absolute atomic E-state index is 14.2. The minimum Gasteiger partial charge on any atom is -0.353 e. The van der Waals surface area contributed by atoms with Crippen LogP contribution in [0, 0.1) is 18.2 Å². The van der Waals surface area contributed by atoms with Crippen LogP contribution in [0.3, 0.4) is 0 Å². The molecule has 0 bridgehead atoms. The molecule has 5 heteroatoms. The molecule has 1 unspecified atom stereocenters. The van der Waals surface area contributed by atoms with Gasteiger partial charge in [0.1, 0.15) is 6.33 Å².